The van der Waals surface area contributed by atoms with Crippen molar-refractivity contribution in [2.24, 2.45) is 5.73 Å². The quantitative estimate of drug-likeness (QED) is 0.450. The molecule has 1 aliphatic heterocycles. The molecule has 0 aliphatic carbocycles. The van der Waals surface area contributed by atoms with Crippen LogP contribution in [0.4, 0.5) is 4.39 Å². The molecular formula is C26H25FN4O3S. The van der Waals surface area contributed by atoms with Gasteiger partial charge in [0.1, 0.15) is 34.3 Å². The molecule has 3 rings (SSSR count). The van der Waals surface area contributed by atoms with Gasteiger partial charge in [-0.15, -0.1) is 0 Å². The fraction of sp³-hybridized carbons (Fsp3) is 0.308. The number of esters is 1. The van der Waals surface area contributed by atoms with Crippen LogP contribution in [0.25, 0.3) is 0 Å². The van der Waals surface area contributed by atoms with Crippen molar-refractivity contribution >= 4 is 17.7 Å². The number of carbonyl (C=O) groups is 1. The molecule has 9 heteroatoms. The predicted octanol–water partition coefficient (Wildman–Crippen LogP) is 4.82. The van der Waals surface area contributed by atoms with Crippen LogP contribution in [0, 0.1) is 49.3 Å². The number of hydrogen-bond donors (Lipinski definition) is 1. The number of rotatable bonds is 6. The van der Waals surface area contributed by atoms with Crippen LogP contribution in [-0.4, -0.2) is 22.8 Å². The van der Waals surface area contributed by atoms with E-state index in [2.05, 4.69) is 11.1 Å². The second kappa shape index (κ2) is 10.6. The molecule has 2 heterocycles. The van der Waals surface area contributed by atoms with Gasteiger partial charge in [-0.05, 0) is 63.4 Å². The fourth-order valence-corrected chi connectivity index (χ4v) is 4.75. The third kappa shape index (κ3) is 5.31. The largest absolute Gasteiger partial charge is 0.459 e. The Bertz CT molecular complexity index is 1340. The number of hydrogen-bond acceptors (Lipinski definition) is 8. The number of pyridine rings is 1. The lowest BCUT2D eigenvalue weighted by atomic mass is 9.83. The van der Waals surface area contributed by atoms with Gasteiger partial charge in [0, 0.05) is 5.69 Å². The number of nitrogens with zero attached hydrogens (tertiary/aromatic N) is 3. The summed E-state index contributed by atoms with van der Waals surface area (Å²) in [5, 5.41) is 20.0. The Morgan fingerprint density at radius 2 is 1.97 bits per heavy atom. The lowest BCUT2D eigenvalue weighted by Gasteiger charge is -2.28. The minimum atomic E-state index is -0.976. The average molecular weight is 493 g/mol. The van der Waals surface area contributed by atoms with Crippen molar-refractivity contribution in [3.05, 3.63) is 80.8 Å². The molecule has 7 nitrogen and oxygen atoms in total. The molecule has 0 amide bonds. The molecule has 0 saturated carbocycles. The first-order valence-corrected chi connectivity index (χ1v) is 11.8. The highest BCUT2D eigenvalue weighted by atomic mass is 32.2. The van der Waals surface area contributed by atoms with Crippen molar-refractivity contribution in [1.29, 1.82) is 10.5 Å². The maximum absolute atomic E-state index is 14.1. The molecule has 0 spiro atoms. The number of allylic oxidation sites excluding steroid dienone is 1. The van der Waals surface area contributed by atoms with Crippen LogP contribution in [-0.2, 0) is 14.3 Å². The molecule has 180 valence electrons. The van der Waals surface area contributed by atoms with Crippen LogP contribution in [0.1, 0.15) is 47.7 Å². The van der Waals surface area contributed by atoms with E-state index in [1.807, 2.05) is 26.8 Å². The maximum atomic E-state index is 14.1. The number of benzene rings is 1. The lowest BCUT2D eigenvalue weighted by Crippen LogP contribution is -2.28. The van der Waals surface area contributed by atoms with Gasteiger partial charge < -0.3 is 15.2 Å². The Balaban J connectivity index is 2.15. The molecule has 2 aromatic rings. The second-order valence-electron chi connectivity index (χ2n) is 8.30. The van der Waals surface area contributed by atoms with Crippen molar-refractivity contribution in [2.75, 3.05) is 5.75 Å². The molecular weight excluding hydrogens is 467 g/mol. The summed E-state index contributed by atoms with van der Waals surface area (Å²) in [7, 11) is 0. The Labute approximate surface area is 208 Å². The van der Waals surface area contributed by atoms with E-state index in [1.165, 1.54) is 30.0 Å². The number of aromatic nitrogens is 1. The van der Waals surface area contributed by atoms with Gasteiger partial charge in [0.25, 0.3) is 0 Å². The third-order valence-corrected chi connectivity index (χ3v) is 6.63. The highest BCUT2D eigenvalue weighted by Gasteiger charge is 2.38. The summed E-state index contributed by atoms with van der Waals surface area (Å²) < 4.78 is 25.3. The van der Waals surface area contributed by atoms with Gasteiger partial charge in [-0.1, -0.05) is 23.9 Å². The minimum absolute atomic E-state index is 0.0158. The smallest absolute Gasteiger partial charge is 0.338 e. The topological polar surface area (TPSA) is 122 Å². The molecule has 0 bridgehead atoms. The van der Waals surface area contributed by atoms with Crippen LogP contribution < -0.4 is 5.73 Å². The molecule has 1 atom stereocenters. The monoisotopic (exact) mass is 492 g/mol. The number of ether oxygens (including phenoxy) is 2. The van der Waals surface area contributed by atoms with E-state index >= 15 is 0 Å². The zero-order chi connectivity index (χ0) is 25.9. The van der Waals surface area contributed by atoms with Gasteiger partial charge in [-0.25, -0.2) is 14.2 Å². The van der Waals surface area contributed by atoms with Crippen LogP contribution in [0.15, 0.2) is 52.1 Å². The summed E-state index contributed by atoms with van der Waals surface area (Å²) in [6.45, 7) is 9.01. The first kappa shape index (κ1) is 25.8. The Hall–Kier alpha value is -3.82. The molecule has 0 fully saturated rings. The summed E-state index contributed by atoms with van der Waals surface area (Å²) in [5.74, 6) is -2.13. The van der Waals surface area contributed by atoms with Gasteiger partial charge >= 0.3 is 5.97 Å². The number of halogens is 1. The molecule has 0 radical (unpaired) electrons. The summed E-state index contributed by atoms with van der Waals surface area (Å²) in [6.07, 6.45) is -0.444. The Kier molecular flexibility index (Phi) is 7.83. The van der Waals surface area contributed by atoms with E-state index in [9.17, 15) is 19.7 Å². The number of carbonyl (C=O) groups excluding carboxylic acids is 1. The number of nitrogens with two attached hydrogens (primary N) is 1. The third-order valence-electron chi connectivity index (χ3n) is 5.66. The lowest BCUT2D eigenvalue weighted by molar-refractivity contribution is -0.143. The van der Waals surface area contributed by atoms with Gasteiger partial charge in [0.15, 0.2) is 0 Å². The van der Waals surface area contributed by atoms with E-state index in [1.54, 1.807) is 19.9 Å². The predicted molar refractivity (Wildman–Crippen MR) is 129 cm³/mol. The first-order valence-electron chi connectivity index (χ1n) is 10.9. The normalized spacial score (nSPS) is 15.5. The number of nitriles is 2. The molecule has 1 aliphatic rings. The van der Waals surface area contributed by atoms with Gasteiger partial charge in [0.05, 0.1) is 28.9 Å². The zero-order valence-corrected chi connectivity index (χ0v) is 20.9. The van der Waals surface area contributed by atoms with E-state index in [0.717, 1.165) is 16.8 Å². The van der Waals surface area contributed by atoms with Crippen molar-refractivity contribution in [2.45, 2.75) is 51.7 Å². The van der Waals surface area contributed by atoms with Crippen LogP contribution in [0.3, 0.4) is 0 Å². The summed E-state index contributed by atoms with van der Waals surface area (Å²) in [6, 6.07) is 9.81. The van der Waals surface area contributed by atoms with Gasteiger partial charge in [-0.2, -0.15) is 10.5 Å². The van der Waals surface area contributed by atoms with Crippen molar-refractivity contribution in [1.82, 2.24) is 4.98 Å². The average Bonchev–Trinajstić information content (AvgIpc) is 2.80. The van der Waals surface area contributed by atoms with E-state index < -0.39 is 23.8 Å². The van der Waals surface area contributed by atoms with Gasteiger partial charge in [0.2, 0.25) is 5.88 Å². The number of aryl methyl sites for hydroxylation is 1. The van der Waals surface area contributed by atoms with Crippen LogP contribution >= 0.6 is 11.8 Å². The maximum Gasteiger partial charge on any atom is 0.338 e. The van der Waals surface area contributed by atoms with Crippen molar-refractivity contribution in [3.63, 3.8) is 0 Å². The standard InChI is InChI=1S/C26H25FN4O3S/c1-13(2)33-26(32)23-21(12-35-25-19(10-28)15(4)14(3)16(5)31-25)34-24(30)20(11-29)22(23)17-7-6-8-18(27)9-17/h6-9,13,22H,12,30H2,1-5H3/t22-/m1/s1. The summed E-state index contributed by atoms with van der Waals surface area (Å²) >= 11 is 1.21. The molecule has 0 unspecified atom stereocenters. The summed E-state index contributed by atoms with van der Waals surface area (Å²) in [5.41, 5.74) is 9.45. The van der Waals surface area contributed by atoms with E-state index in [-0.39, 0.29) is 28.5 Å². The molecule has 2 N–H and O–H groups in total. The zero-order valence-electron chi connectivity index (χ0n) is 20.1. The highest BCUT2D eigenvalue weighted by Crippen LogP contribution is 2.41. The SMILES string of the molecule is Cc1nc(SCC2=C(C(=O)OC(C)C)[C@H](c3cccc(F)c3)C(C#N)=C(N)O2)c(C#N)c(C)c1C. The minimum Gasteiger partial charge on any atom is -0.459 e. The molecule has 1 aromatic heterocycles. The van der Waals surface area contributed by atoms with Crippen molar-refractivity contribution < 1.29 is 18.7 Å². The Morgan fingerprint density at radius 1 is 1.26 bits per heavy atom. The molecule has 0 saturated heterocycles. The first-order chi connectivity index (χ1) is 16.6. The van der Waals surface area contributed by atoms with E-state index in [4.69, 9.17) is 15.2 Å². The summed E-state index contributed by atoms with van der Waals surface area (Å²) in [4.78, 5) is 17.8. The number of thioether (sulfide) groups is 1. The van der Waals surface area contributed by atoms with E-state index in [0.29, 0.717) is 16.2 Å². The highest BCUT2D eigenvalue weighted by molar-refractivity contribution is 7.99. The van der Waals surface area contributed by atoms with Crippen molar-refractivity contribution in [3.8, 4) is 12.1 Å². The second-order valence-corrected chi connectivity index (χ2v) is 9.26. The fourth-order valence-electron chi connectivity index (χ4n) is 3.73. The molecule has 35 heavy (non-hydrogen) atoms. The van der Waals surface area contributed by atoms with Crippen LogP contribution in [0.2, 0.25) is 0 Å². The Morgan fingerprint density at radius 3 is 2.57 bits per heavy atom. The molecule has 1 aromatic carbocycles. The van der Waals surface area contributed by atoms with Crippen LogP contribution in [0.5, 0.6) is 0 Å². The van der Waals surface area contributed by atoms with Gasteiger partial charge in [-0.3, -0.25) is 0 Å².